The van der Waals surface area contributed by atoms with Crippen molar-refractivity contribution in [2.75, 3.05) is 48.2 Å². The maximum atomic E-state index is 13.3. The highest BCUT2D eigenvalue weighted by Crippen LogP contribution is 2.50. The Hall–Kier alpha value is -3.12. The van der Waals surface area contributed by atoms with E-state index in [2.05, 4.69) is 27.2 Å². The van der Waals surface area contributed by atoms with Crippen LogP contribution in [-0.4, -0.2) is 34.2 Å². The van der Waals surface area contributed by atoms with Gasteiger partial charge in [0.2, 0.25) is 0 Å². The Balaban J connectivity index is 1.80. The second kappa shape index (κ2) is 7.72. The van der Waals surface area contributed by atoms with Crippen LogP contribution in [0.3, 0.4) is 0 Å². The van der Waals surface area contributed by atoms with Crippen LogP contribution in [0.2, 0.25) is 0 Å². The maximum absolute atomic E-state index is 13.3. The Morgan fingerprint density at radius 3 is 1.79 bits per heavy atom. The standard InChI is InChI=1S/C23H24N4OS/c1-25(2)17-10-12-19-21(14-17)29-22-15-18(26(3)4)11-13-20(22)27(19)23(28)24-16-8-6-5-7-9-16/h5-15H,1-4H3,(H,24,28). The lowest BCUT2D eigenvalue weighted by Gasteiger charge is -2.32. The zero-order valence-corrected chi connectivity index (χ0v) is 17.8. The van der Waals surface area contributed by atoms with Gasteiger partial charge >= 0.3 is 6.03 Å². The quantitative estimate of drug-likeness (QED) is 0.612. The van der Waals surface area contributed by atoms with Gasteiger partial charge in [-0.15, -0.1) is 0 Å². The summed E-state index contributed by atoms with van der Waals surface area (Å²) in [6.07, 6.45) is 0. The molecule has 1 heterocycles. The molecule has 2 amide bonds. The molecule has 1 aliphatic heterocycles. The smallest absolute Gasteiger partial charge is 0.331 e. The normalized spacial score (nSPS) is 12.1. The SMILES string of the molecule is CN(C)c1ccc2c(c1)Sc1cc(N(C)C)ccc1N2C(=O)Nc1ccccc1. The second-order valence-electron chi connectivity index (χ2n) is 7.33. The molecule has 0 radical (unpaired) electrons. The van der Waals surface area contributed by atoms with Gasteiger partial charge in [0.25, 0.3) is 0 Å². The summed E-state index contributed by atoms with van der Waals surface area (Å²) in [5.41, 5.74) is 4.76. The van der Waals surface area contributed by atoms with Gasteiger partial charge in [-0.25, -0.2) is 4.79 Å². The molecule has 6 heteroatoms. The summed E-state index contributed by atoms with van der Waals surface area (Å²) in [7, 11) is 8.08. The van der Waals surface area contributed by atoms with Crippen LogP contribution in [0.15, 0.2) is 76.5 Å². The van der Waals surface area contributed by atoms with Gasteiger partial charge in [-0.3, -0.25) is 4.90 Å². The molecular formula is C23H24N4OS. The van der Waals surface area contributed by atoms with Crippen molar-refractivity contribution < 1.29 is 4.79 Å². The third-order valence-electron chi connectivity index (χ3n) is 4.85. The number of hydrogen-bond acceptors (Lipinski definition) is 4. The Morgan fingerprint density at radius 2 is 1.31 bits per heavy atom. The van der Waals surface area contributed by atoms with Gasteiger partial charge in [0.15, 0.2) is 0 Å². The predicted molar refractivity (Wildman–Crippen MR) is 123 cm³/mol. The summed E-state index contributed by atoms with van der Waals surface area (Å²) in [5, 5.41) is 3.03. The number of nitrogens with one attached hydrogen (secondary N) is 1. The van der Waals surface area contributed by atoms with E-state index in [-0.39, 0.29) is 6.03 Å². The van der Waals surface area contributed by atoms with E-state index >= 15 is 0 Å². The second-order valence-corrected chi connectivity index (χ2v) is 8.41. The van der Waals surface area contributed by atoms with Crippen molar-refractivity contribution in [3.05, 3.63) is 66.7 Å². The van der Waals surface area contributed by atoms with E-state index in [1.807, 2.05) is 82.8 Å². The van der Waals surface area contributed by atoms with Crippen molar-refractivity contribution in [3.63, 3.8) is 0 Å². The van der Waals surface area contributed by atoms with Crippen molar-refractivity contribution in [1.29, 1.82) is 0 Å². The summed E-state index contributed by atoms with van der Waals surface area (Å²) in [5.74, 6) is 0. The van der Waals surface area contributed by atoms with Crippen LogP contribution >= 0.6 is 11.8 Å². The van der Waals surface area contributed by atoms with E-state index in [1.165, 1.54) is 0 Å². The number of urea groups is 1. The van der Waals surface area contributed by atoms with Crippen LogP contribution in [0.25, 0.3) is 0 Å². The van der Waals surface area contributed by atoms with Gasteiger partial charge in [-0.05, 0) is 48.5 Å². The summed E-state index contributed by atoms with van der Waals surface area (Å²) >= 11 is 1.70. The molecule has 0 saturated carbocycles. The van der Waals surface area contributed by atoms with E-state index < -0.39 is 0 Å². The number of rotatable bonds is 3. The van der Waals surface area contributed by atoms with Gasteiger partial charge in [-0.1, -0.05) is 30.0 Å². The first-order valence-electron chi connectivity index (χ1n) is 9.41. The zero-order valence-electron chi connectivity index (χ0n) is 17.0. The van der Waals surface area contributed by atoms with Crippen LogP contribution in [0.4, 0.5) is 33.2 Å². The van der Waals surface area contributed by atoms with Gasteiger partial charge < -0.3 is 15.1 Å². The topological polar surface area (TPSA) is 38.8 Å². The monoisotopic (exact) mass is 404 g/mol. The molecule has 148 valence electrons. The fourth-order valence-electron chi connectivity index (χ4n) is 3.26. The molecule has 1 N–H and O–H groups in total. The van der Waals surface area contributed by atoms with E-state index in [0.29, 0.717) is 0 Å². The molecule has 0 aliphatic carbocycles. The highest BCUT2D eigenvalue weighted by atomic mass is 32.2. The minimum Gasteiger partial charge on any atom is -0.378 e. The Bertz CT molecular complexity index is 992. The van der Waals surface area contributed by atoms with Gasteiger partial charge in [-0.2, -0.15) is 0 Å². The number of carbonyl (C=O) groups is 1. The lowest BCUT2D eigenvalue weighted by molar-refractivity contribution is 0.259. The zero-order chi connectivity index (χ0) is 20.5. The van der Waals surface area contributed by atoms with E-state index in [9.17, 15) is 4.79 Å². The fourth-order valence-corrected chi connectivity index (χ4v) is 4.39. The number of hydrogen-bond donors (Lipinski definition) is 1. The van der Waals surface area contributed by atoms with Crippen LogP contribution in [-0.2, 0) is 0 Å². The summed E-state index contributed by atoms with van der Waals surface area (Å²) in [4.78, 5) is 21.3. The van der Waals surface area contributed by atoms with Crippen LogP contribution in [0, 0.1) is 0 Å². The lowest BCUT2D eigenvalue weighted by Crippen LogP contribution is -2.33. The van der Waals surface area contributed by atoms with Crippen molar-refractivity contribution in [2.24, 2.45) is 0 Å². The summed E-state index contributed by atoms with van der Waals surface area (Å²) in [6.45, 7) is 0. The Kier molecular flexibility index (Phi) is 5.11. The highest BCUT2D eigenvalue weighted by molar-refractivity contribution is 7.99. The lowest BCUT2D eigenvalue weighted by atomic mass is 10.2. The maximum Gasteiger partial charge on any atom is 0.331 e. The number of benzene rings is 3. The minimum atomic E-state index is -0.172. The molecule has 0 bridgehead atoms. The molecule has 1 aliphatic rings. The van der Waals surface area contributed by atoms with E-state index in [0.717, 1.165) is 38.2 Å². The molecule has 0 atom stereocenters. The molecule has 3 aromatic rings. The molecular weight excluding hydrogens is 380 g/mol. The number of amides is 2. The third-order valence-corrected chi connectivity index (χ3v) is 5.94. The molecule has 5 nitrogen and oxygen atoms in total. The Labute approximate surface area is 175 Å². The van der Waals surface area contributed by atoms with E-state index in [4.69, 9.17) is 0 Å². The average Bonchev–Trinajstić information content (AvgIpc) is 2.71. The van der Waals surface area contributed by atoms with Crippen LogP contribution in [0.1, 0.15) is 0 Å². The van der Waals surface area contributed by atoms with Crippen molar-refractivity contribution in [1.82, 2.24) is 0 Å². The average molecular weight is 405 g/mol. The van der Waals surface area contributed by atoms with Crippen LogP contribution in [0.5, 0.6) is 0 Å². The fraction of sp³-hybridized carbons (Fsp3) is 0.174. The summed E-state index contributed by atoms with van der Waals surface area (Å²) < 4.78 is 0. The van der Waals surface area contributed by atoms with E-state index in [1.54, 1.807) is 16.7 Å². The minimum absolute atomic E-state index is 0.172. The molecule has 0 spiro atoms. The number of para-hydroxylation sites is 1. The predicted octanol–water partition coefficient (Wildman–Crippen LogP) is 5.65. The first-order chi connectivity index (χ1) is 13.9. The molecule has 3 aromatic carbocycles. The largest absolute Gasteiger partial charge is 0.378 e. The molecule has 29 heavy (non-hydrogen) atoms. The molecule has 4 rings (SSSR count). The highest BCUT2D eigenvalue weighted by Gasteiger charge is 2.29. The van der Waals surface area contributed by atoms with Gasteiger partial charge in [0.1, 0.15) is 0 Å². The number of carbonyl (C=O) groups excluding carboxylic acids is 1. The van der Waals surface area contributed by atoms with Crippen LogP contribution < -0.4 is 20.0 Å². The third kappa shape index (κ3) is 3.76. The molecule has 0 aromatic heterocycles. The van der Waals surface area contributed by atoms with Crippen molar-refractivity contribution in [2.45, 2.75) is 9.79 Å². The van der Waals surface area contributed by atoms with Gasteiger partial charge in [0, 0.05) is 55.0 Å². The number of nitrogens with zero attached hydrogens (tertiary/aromatic N) is 3. The molecule has 0 fully saturated rings. The number of anilines is 5. The molecule has 0 saturated heterocycles. The number of fused-ring (bicyclic) bond motifs is 2. The Morgan fingerprint density at radius 1 is 0.793 bits per heavy atom. The first kappa shape index (κ1) is 19.2. The van der Waals surface area contributed by atoms with Gasteiger partial charge in [0.05, 0.1) is 11.4 Å². The first-order valence-corrected chi connectivity index (χ1v) is 10.2. The summed E-state index contributed by atoms with van der Waals surface area (Å²) in [6, 6.07) is 21.8. The molecule has 0 unspecified atom stereocenters. The van der Waals surface area contributed by atoms with Crippen molar-refractivity contribution in [3.8, 4) is 0 Å². The van der Waals surface area contributed by atoms with Crippen molar-refractivity contribution >= 4 is 46.2 Å².